The number of pyridine rings is 1. The number of aryl methyl sites for hydroxylation is 2. The number of hydrogen-bond acceptors (Lipinski definition) is 3. The summed E-state index contributed by atoms with van der Waals surface area (Å²) < 4.78 is 0. The average molecular weight is 242 g/mol. The Morgan fingerprint density at radius 1 is 1.17 bits per heavy atom. The number of carbonyl (C=O) groups is 1. The molecule has 0 unspecified atom stereocenters. The summed E-state index contributed by atoms with van der Waals surface area (Å²) in [5, 5.41) is 12.3. The van der Waals surface area contributed by atoms with Gasteiger partial charge in [-0.3, -0.25) is 4.98 Å². The number of rotatable bonds is 3. The molecule has 2 N–H and O–H groups in total. The third-order valence-corrected chi connectivity index (χ3v) is 2.77. The van der Waals surface area contributed by atoms with Crippen molar-refractivity contribution in [2.24, 2.45) is 0 Å². The van der Waals surface area contributed by atoms with Crippen molar-refractivity contribution < 1.29 is 9.90 Å². The molecule has 18 heavy (non-hydrogen) atoms. The van der Waals surface area contributed by atoms with Crippen molar-refractivity contribution in [3.05, 3.63) is 53.3 Å². The molecule has 1 aromatic heterocycles. The molecule has 1 heterocycles. The molecule has 0 aliphatic carbocycles. The summed E-state index contributed by atoms with van der Waals surface area (Å²) in [6.45, 7) is 3.80. The second kappa shape index (κ2) is 4.87. The smallest absolute Gasteiger partial charge is 0.339 e. The van der Waals surface area contributed by atoms with Gasteiger partial charge in [0, 0.05) is 18.1 Å². The fraction of sp³-hybridized carbons (Fsp3) is 0.143. The molecule has 2 aromatic rings. The van der Waals surface area contributed by atoms with Crippen LogP contribution in [0.15, 0.2) is 36.7 Å². The molecule has 2 rings (SSSR count). The van der Waals surface area contributed by atoms with Gasteiger partial charge in [0.15, 0.2) is 0 Å². The first-order valence-corrected chi connectivity index (χ1v) is 5.60. The maximum absolute atomic E-state index is 11.2. The van der Waals surface area contributed by atoms with Gasteiger partial charge in [0.2, 0.25) is 0 Å². The summed E-state index contributed by atoms with van der Waals surface area (Å²) in [6, 6.07) is 7.74. The van der Waals surface area contributed by atoms with Crippen molar-refractivity contribution in [3.63, 3.8) is 0 Å². The van der Waals surface area contributed by atoms with Crippen LogP contribution in [-0.2, 0) is 0 Å². The quantitative estimate of drug-likeness (QED) is 0.868. The molecule has 0 radical (unpaired) electrons. The van der Waals surface area contributed by atoms with Crippen LogP contribution in [0.4, 0.5) is 11.4 Å². The Morgan fingerprint density at radius 2 is 1.89 bits per heavy atom. The van der Waals surface area contributed by atoms with Gasteiger partial charge in [-0.2, -0.15) is 0 Å². The molecule has 0 atom stereocenters. The summed E-state index contributed by atoms with van der Waals surface area (Å²) in [6.07, 6.45) is 3.00. The van der Waals surface area contributed by atoms with Crippen molar-refractivity contribution in [1.82, 2.24) is 4.98 Å². The zero-order valence-corrected chi connectivity index (χ0v) is 10.3. The number of aromatic carboxylic acids is 1. The van der Waals surface area contributed by atoms with Gasteiger partial charge in [0.1, 0.15) is 5.56 Å². The van der Waals surface area contributed by atoms with E-state index in [1.165, 1.54) is 6.20 Å². The lowest BCUT2D eigenvalue weighted by Gasteiger charge is -2.13. The number of anilines is 2. The van der Waals surface area contributed by atoms with E-state index in [9.17, 15) is 4.79 Å². The number of para-hydroxylation sites is 1. The third kappa shape index (κ3) is 2.32. The number of carboxylic acid groups (broad SMARTS) is 1. The summed E-state index contributed by atoms with van der Waals surface area (Å²) >= 11 is 0. The van der Waals surface area contributed by atoms with E-state index in [0.717, 1.165) is 16.8 Å². The lowest BCUT2D eigenvalue weighted by Crippen LogP contribution is -2.06. The Hall–Kier alpha value is -2.36. The minimum Gasteiger partial charge on any atom is -0.478 e. The second-order valence-electron chi connectivity index (χ2n) is 4.12. The topological polar surface area (TPSA) is 62.2 Å². The van der Waals surface area contributed by atoms with Gasteiger partial charge in [-0.15, -0.1) is 0 Å². The van der Waals surface area contributed by atoms with Gasteiger partial charge in [-0.05, 0) is 31.0 Å². The van der Waals surface area contributed by atoms with Crippen LogP contribution < -0.4 is 5.32 Å². The first-order chi connectivity index (χ1) is 8.59. The molecule has 4 nitrogen and oxygen atoms in total. The Kier molecular flexibility index (Phi) is 3.28. The van der Waals surface area contributed by atoms with Crippen molar-refractivity contribution in [2.75, 3.05) is 5.32 Å². The fourth-order valence-electron chi connectivity index (χ4n) is 1.74. The molecule has 0 amide bonds. The van der Waals surface area contributed by atoms with E-state index in [4.69, 9.17) is 5.11 Å². The molecule has 0 saturated heterocycles. The van der Waals surface area contributed by atoms with Crippen LogP contribution >= 0.6 is 0 Å². The molecule has 0 aliphatic heterocycles. The monoisotopic (exact) mass is 242 g/mol. The standard InChI is InChI=1S/C14H14N2O2/c1-9-5-3-4-6-12(9)16-13-10(2)7-15-8-11(13)14(17)18/h3-8H,1-2H3,(H,15,16)(H,17,18). The van der Waals surface area contributed by atoms with E-state index in [-0.39, 0.29) is 5.56 Å². The predicted octanol–water partition coefficient (Wildman–Crippen LogP) is 3.14. The lowest BCUT2D eigenvalue weighted by atomic mass is 10.1. The summed E-state index contributed by atoms with van der Waals surface area (Å²) in [7, 11) is 0. The minimum absolute atomic E-state index is 0.179. The molecule has 0 aliphatic rings. The largest absolute Gasteiger partial charge is 0.478 e. The maximum Gasteiger partial charge on any atom is 0.339 e. The van der Waals surface area contributed by atoms with E-state index < -0.39 is 5.97 Å². The number of benzene rings is 1. The van der Waals surface area contributed by atoms with E-state index in [1.54, 1.807) is 6.20 Å². The maximum atomic E-state index is 11.2. The fourth-order valence-corrected chi connectivity index (χ4v) is 1.74. The van der Waals surface area contributed by atoms with Gasteiger partial charge in [0.25, 0.3) is 0 Å². The van der Waals surface area contributed by atoms with Crippen LogP contribution in [0.5, 0.6) is 0 Å². The van der Waals surface area contributed by atoms with Crippen molar-refractivity contribution in [1.29, 1.82) is 0 Å². The van der Waals surface area contributed by atoms with Gasteiger partial charge in [-0.1, -0.05) is 18.2 Å². The third-order valence-electron chi connectivity index (χ3n) is 2.77. The van der Waals surface area contributed by atoms with Crippen LogP contribution in [0.3, 0.4) is 0 Å². The molecule has 1 aromatic carbocycles. The summed E-state index contributed by atoms with van der Waals surface area (Å²) in [5.41, 5.74) is 3.53. The van der Waals surface area contributed by atoms with Crippen LogP contribution in [0.2, 0.25) is 0 Å². The van der Waals surface area contributed by atoms with E-state index >= 15 is 0 Å². The Labute approximate surface area is 105 Å². The van der Waals surface area contributed by atoms with Gasteiger partial charge < -0.3 is 10.4 Å². The Bertz CT molecular complexity index is 594. The zero-order valence-electron chi connectivity index (χ0n) is 10.3. The number of nitrogens with zero attached hydrogens (tertiary/aromatic N) is 1. The van der Waals surface area contributed by atoms with Crippen molar-refractivity contribution in [2.45, 2.75) is 13.8 Å². The number of carboxylic acids is 1. The average Bonchev–Trinajstić information content (AvgIpc) is 2.34. The van der Waals surface area contributed by atoms with E-state index in [2.05, 4.69) is 10.3 Å². The Morgan fingerprint density at radius 3 is 2.56 bits per heavy atom. The highest BCUT2D eigenvalue weighted by Gasteiger charge is 2.13. The van der Waals surface area contributed by atoms with Crippen molar-refractivity contribution >= 4 is 17.3 Å². The molecule has 0 fully saturated rings. The van der Waals surface area contributed by atoms with Gasteiger partial charge in [-0.25, -0.2) is 4.79 Å². The van der Waals surface area contributed by atoms with E-state index in [1.807, 2.05) is 38.1 Å². The van der Waals surface area contributed by atoms with Crippen LogP contribution in [0.1, 0.15) is 21.5 Å². The zero-order chi connectivity index (χ0) is 13.1. The van der Waals surface area contributed by atoms with Crippen molar-refractivity contribution in [3.8, 4) is 0 Å². The van der Waals surface area contributed by atoms with E-state index in [0.29, 0.717) is 5.69 Å². The highest BCUT2D eigenvalue weighted by atomic mass is 16.4. The van der Waals surface area contributed by atoms with Gasteiger partial charge in [0.05, 0.1) is 5.69 Å². The molecule has 0 spiro atoms. The minimum atomic E-state index is -0.984. The Balaban J connectivity index is 2.46. The van der Waals surface area contributed by atoms with Crippen LogP contribution in [-0.4, -0.2) is 16.1 Å². The SMILES string of the molecule is Cc1ccccc1Nc1c(C)cncc1C(=O)O. The molecule has 0 saturated carbocycles. The lowest BCUT2D eigenvalue weighted by molar-refractivity contribution is 0.0697. The number of nitrogens with one attached hydrogen (secondary N) is 1. The highest BCUT2D eigenvalue weighted by Crippen LogP contribution is 2.25. The summed E-state index contributed by atoms with van der Waals surface area (Å²) in [5.74, 6) is -0.984. The molecule has 4 heteroatoms. The van der Waals surface area contributed by atoms with Crippen LogP contribution in [0.25, 0.3) is 0 Å². The molecule has 0 bridgehead atoms. The highest BCUT2D eigenvalue weighted by molar-refractivity contribution is 5.95. The summed E-state index contributed by atoms with van der Waals surface area (Å²) in [4.78, 5) is 15.1. The predicted molar refractivity (Wildman–Crippen MR) is 70.4 cm³/mol. The second-order valence-corrected chi connectivity index (χ2v) is 4.12. The normalized spacial score (nSPS) is 10.1. The first kappa shape index (κ1) is 12.1. The molecule has 92 valence electrons. The molecular weight excluding hydrogens is 228 g/mol. The van der Waals surface area contributed by atoms with Gasteiger partial charge >= 0.3 is 5.97 Å². The molecular formula is C14H14N2O2. The first-order valence-electron chi connectivity index (χ1n) is 5.60. The number of hydrogen-bond donors (Lipinski definition) is 2. The van der Waals surface area contributed by atoms with Crippen LogP contribution in [0, 0.1) is 13.8 Å². The number of aromatic nitrogens is 1.